The number of piperidine rings is 1. The first-order valence-electron chi connectivity index (χ1n) is 15.3. The number of aromatic nitrogens is 3. The van der Waals surface area contributed by atoms with E-state index >= 15 is 0 Å². The fourth-order valence-electron chi connectivity index (χ4n) is 7.60. The number of methoxy groups -OCH3 is 1. The molecule has 5 aromatic rings. The third kappa shape index (κ3) is 4.01. The summed E-state index contributed by atoms with van der Waals surface area (Å²) in [5, 5.41) is 21.0. The number of aryl methyl sites for hydroxylation is 1. The molecule has 2 bridgehead atoms. The van der Waals surface area contributed by atoms with Crippen molar-refractivity contribution in [2.24, 2.45) is 24.6 Å². The molecular weight excluding hydrogens is 552 g/mol. The van der Waals surface area contributed by atoms with Crippen molar-refractivity contribution in [3.63, 3.8) is 0 Å². The zero-order valence-corrected chi connectivity index (χ0v) is 24.8. The summed E-state index contributed by atoms with van der Waals surface area (Å²) < 4.78 is 10.2. The highest BCUT2D eigenvalue weighted by Crippen LogP contribution is 2.42. The highest BCUT2D eigenvalue weighted by molar-refractivity contribution is 6.02. The molecule has 1 amide bonds. The molecule has 8 rings (SSSR count). The molecule has 3 N–H and O–H groups in total. The maximum Gasteiger partial charge on any atom is 0.254 e. The van der Waals surface area contributed by atoms with E-state index in [4.69, 9.17) is 15.5 Å². The summed E-state index contributed by atoms with van der Waals surface area (Å²) >= 11 is 0. The zero-order valence-electron chi connectivity index (χ0n) is 24.8. The van der Waals surface area contributed by atoms with Gasteiger partial charge in [-0.1, -0.05) is 18.2 Å². The van der Waals surface area contributed by atoms with Crippen molar-refractivity contribution < 1.29 is 14.6 Å². The first-order valence-corrected chi connectivity index (χ1v) is 15.3. The fourth-order valence-corrected chi connectivity index (χ4v) is 7.60. The van der Waals surface area contributed by atoms with Crippen LogP contribution in [0.1, 0.15) is 41.6 Å². The minimum Gasteiger partial charge on any atom is -0.508 e. The van der Waals surface area contributed by atoms with Crippen molar-refractivity contribution in [2.75, 3.05) is 13.7 Å². The van der Waals surface area contributed by atoms with Crippen molar-refractivity contribution in [3.05, 3.63) is 65.7 Å². The Labute approximate surface area is 255 Å². The van der Waals surface area contributed by atoms with Crippen molar-refractivity contribution >= 4 is 27.8 Å². The number of nitrogens with zero attached hydrogens (tertiary/aromatic N) is 5. The van der Waals surface area contributed by atoms with E-state index in [0.717, 1.165) is 58.5 Å². The normalized spacial score (nSPS) is 21.0. The van der Waals surface area contributed by atoms with E-state index in [1.54, 1.807) is 13.2 Å². The number of para-hydroxylation sites is 1. The Bertz CT molecular complexity index is 2030. The zero-order chi connectivity index (χ0) is 30.3. The topological polar surface area (TPSA) is 122 Å². The van der Waals surface area contributed by atoms with Crippen LogP contribution in [0.3, 0.4) is 0 Å². The lowest BCUT2D eigenvalue weighted by atomic mass is 9.98. The lowest BCUT2D eigenvalue weighted by Crippen LogP contribution is -2.41. The Kier molecular flexibility index (Phi) is 6.00. The van der Waals surface area contributed by atoms with Gasteiger partial charge >= 0.3 is 0 Å². The number of phenolic OH excluding ortho intramolecular Hbond substituents is 1. The van der Waals surface area contributed by atoms with Gasteiger partial charge in [-0.2, -0.15) is 5.26 Å². The van der Waals surface area contributed by atoms with Crippen molar-refractivity contribution in [1.29, 1.82) is 5.26 Å². The number of nitrogens with two attached hydrogens (primary N) is 1. The summed E-state index contributed by atoms with van der Waals surface area (Å²) in [4.78, 5) is 20.8. The summed E-state index contributed by atoms with van der Waals surface area (Å²) in [6, 6.07) is 19.4. The number of amides is 1. The second-order valence-electron chi connectivity index (χ2n) is 12.6. The molecule has 3 fully saturated rings. The number of carbonyl (C=O) groups excluding carboxylic acids is 1. The van der Waals surface area contributed by atoms with Crippen LogP contribution in [0.15, 0.2) is 54.6 Å². The number of imidazole rings is 1. The SMILES string of the molecule is COc1cc(C(=O)N2C[C@H]3CC[C@@H]2[C@@H]3N)cc2nc(-c3cc4cccc(-c5ccc(O)cc5C#N)c4n3CC3CC3)n(C)c12. The van der Waals surface area contributed by atoms with Gasteiger partial charge in [-0.15, -0.1) is 0 Å². The Morgan fingerprint density at radius 1 is 1.09 bits per heavy atom. The number of nitriles is 1. The minimum absolute atomic E-state index is 0.0188. The van der Waals surface area contributed by atoms with Gasteiger partial charge in [0, 0.05) is 54.3 Å². The monoisotopic (exact) mass is 586 g/mol. The molecule has 9 nitrogen and oxygen atoms in total. The summed E-state index contributed by atoms with van der Waals surface area (Å²) in [5.74, 6) is 2.38. The van der Waals surface area contributed by atoms with Crippen molar-refractivity contribution in [3.8, 4) is 40.2 Å². The van der Waals surface area contributed by atoms with Crippen LogP contribution in [-0.4, -0.2) is 55.8 Å². The van der Waals surface area contributed by atoms with Crippen LogP contribution in [-0.2, 0) is 13.6 Å². The molecule has 2 aliphatic carbocycles. The Morgan fingerprint density at radius 3 is 2.64 bits per heavy atom. The van der Waals surface area contributed by atoms with E-state index in [-0.39, 0.29) is 23.7 Å². The van der Waals surface area contributed by atoms with Crippen LogP contribution in [0.4, 0.5) is 0 Å². The van der Waals surface area contributed by atoms with Crippen LogP contribution >= 0.6 is 0 Å². The predicted octanol–water partition coefficient (Wildman–Crippen LogP) is 5.42. The number of hydrogen-bond donors (Lipinski definition) is 2. The smallest absolute Gasteiger partial charge is 0.254 e. The standard InChI is InChI=1S/C35H34N6O3/c1-39-33-27(13-22(15-30(33)44-2)35(43)41-18-21-8-11-28(41)31(21)37)38-34(39)29-14-20-4-3-5-26(32(20)40(29)17-19-6-7-19)25-10-9-24(42)12-23(25)16-36/h3-5,9-10,12-15,19,21,28,31,42H,6-8,11,17-18,37H2,1-2H3/t21-,28-,31-/m1/s1. The number of benzene rings is 3. The molecule has 3 atom stereocenters. The Balaban J connectivity index is 1.29. The van der Waals surface area contributed by atoms with Crippen molar-refractivity contribution in [2.45, 2.75) is 44.3 Å². The van der Waals surface area contributed by atoms with Gasteiger partial charge in [0.1, 0.15) is 17.0 Å². The Hall–Kier alpha value is -4.81. The van der Waals surface area contributed by atoms with Crippen LogP contribution in [0.5, 0.6) is 11.5 Å². The third-order valence-electron chi connectivity index (χ3n) is 10.0. The lowest BCUT2D eigenvalue weighted by Gasteiger charge is -2.27. The van der Waals surface area contributed by atoms with Crippen LogP contribution in [0.25, 0.3) is 44.6 Å². The van der Waals surface area contributed by atoms with Gasteiger partial charge in [0.05, 0.1) is 35.5 Å². The van der Waals surface area contributed by atoms with E-state index in [0.29, 0.717) is 40.8 Å². The van der Waals surface area contributed by atoms with Crippen LogP contribution < -0.4 is 10.5 Å². The molecule has 9 heteroatoms. The molecule has 1 aliphatic heterocycles. The molecule has 3 aliphatic rings. The second-order valence-corrected chi connectivity index (χ2v) is 12.6. The summed E-state index contributed by atoms with van der Waals surface area (Å²) in [6.07, 6.45) is 4.39. The van der Waals surface area contributed by atoms with Crippen LogP contribution in [0.2, 0.25) is 0 Å². The van der Waals surface area contributed by atoms with E-state index in [1.165, 1.54) is 18.9 Å². The first kappa shape index (κ1) is 26.8. The average Bonchev–Trinajstić information content (AvgIpc) is 3.42. The number of rotatable bonds is 6. The van der Waals surface area contributed by atoms with Crippen LogP contribution in [0, 0.1) is 23.2 Å². The molecule has 0 spiro atoms. The summed E-state index contributed by atoms with van der Waals surface area (Å²) in [6.45, 7) is 1.54. The Morgan fingerprint density at radius 2 is 1.93 bits per heavy atom. The van der Waals surface area contributed by atoms with Crippen molar-refractivity contribution in [1.82, 2.24) is 19.0 Å². The molecular formula is C35H34N6O3. The lowest BCUT2D eigenvalue weighted by molar-refractivity contribution is 0.0700. The predicted molar refractivity (Wildman–Crippen MR) is 168 cm³/mol. The highest BCUT2D eigenvalue weighted by Gasteiger charge is 2.47. The van der Waals surface area contributed by atoms with E-state index in [1.807, 2.05) is 42.3 Å². The quantitative estimate of drug-likeness (QED) is 0.274. The third-order valence-corrected chi connectivity index (χ3v) is 10.0. The van der Waals surface area contributed by atoms with Gasteiger partial charge in [0.2, 0.25) is 0 Å². The number of carbonyl (C=O) groups is 1. The van der Waals surface area contributed by atoms with Gasteiger partial charge < -0.3 is 29.6 Å². The molecule has 2 aromatic heterocycles. The number of fused-ring (bicyclic) bond motifs is 4. The van der Waals surface area contributed by atoms with E-state index < -0.39 is 0 Å². The van der Waals surface area contributed by atoms with Gasteiger partial charge in [-0.05, 0) is 73.9 Å². The number of hydrogen-bond acceptors (Lipinski definition) is 6. The average molecular weight is 587 g/mol. The van der Waals surface area contributed by atoms with Gasteiger partial charge in [-0.25, -0.2) is 4.98 Å². The maximum absolute atomic E-state index is 13.7. The molecule has 222 valence electrons. The van der Waals surface area contributed by atoms with E-state index in [2.05, 4.69) is 27.3 Å². The van der Waals surface area contributed by atoms with Gasteiger partial charge in [0.15, 0.2) is 5.82 Å². The highest BCUT2D eigenvalue weighted by atomic mass is 16.5. The largest absolute Gasteiger partial charge is 0.508 e. The molecule has 3 aromatic carbocycles. The molecule has 44 heavy (non-hydrogen) atoms. The van der Waals surface area contributed by atoms with Gasteiger partial charge in [0.25, 0.3) is 5.91 Å². The number of phenols is 1. The number of ether oxygens (including phenoxy) is 1. The number of likely N-dealkylation sites (tertiary alicyclic amines) is 1. The fraction of sp³-hybridized carbons (Fsp3) is 0.343. The molecule has 0 radical (unpaired) electrons. The maximum atomic E-state index is 13.7. The second kappa shape index (κ2) is 9.86. The number of aromatic hydroxyl groups is 1. The van der Waals surface area contributed by atoms with E-state index in [9.17, 15) is 15.2 Å². The first-order chi connectivity index (χ1) is 21.4. The molecule has 1 saturated heterocycles. The minimum atomic E-state index is -0.0188. The summed E-state index contributed by atoms with van der Waals surface area (Å²) in [5.41, 5.74) is 12.7. The molecule has 0 unspecified atom stereocenters. The molecule has 3 heterocycles. The molecule has 2 saturated carbocycles. The summed E-state index contributed by atoms with van der Waals surface area (Å²) in [7, 11) is 3.62. The van der Waals surface area contributed by atoms with Gasteiger partial charge in [-0.3, -0.25) is 4.79 Å².